The Labute approximate surface area is 173 Å². The summed E-state index contributed by atoms with van der Waals surface area (Å²) in [5.74, 6) is 0.674. The van der Waals surface area contributed by atoms with Crippen molar-refractivity contribution in [3.8, 4) is 28.1 Å². The van der Waals surface area contributed by atoms with Gasteiger partial charge in [-0.2, -0.15) is 0 Å². The van der Waals surface area contributed by atoms with Gasteiger partial charge < -0.3 is 4.74 Å². The van der Waals surface area contributed by atoms with Crippen molar-refractivity contribution in [2.24, 2.45) is 0 Å². The quantitative estimate of drug-likeness (QED) is 0.444. The lowest BCUT2D eigenvalue weighted by Gasteiger charge is -2.06. The topological polar surface area (TPSA) is 51.2 Å². The van der Waals surface area contributed by atoms with Crippen LogP contribution in [0.25, 0.3) is 22.4 Å². The van der Waals surface area contributed by atoms with Gasteiger partial charge >= 0.3 is 0 Å². The molecular formula is C24H20N2O2S. The minimum absolute atomic E-state index is 0.170. The van der Waals surface area contributed by atoms with Crippen LogP contribution in [0, 0.1) is 6.92 Å². The molecule has 0 fully saturated rings. The van der Waals surface area contributed by atoms with E-state index in [1.165, 1.54) is 11.3 Å². The highest BCUT2D eigenvalue weighted by atomic mass is 32.1. The average molecular weight is 401 g/mol. The Kier molecular flexibility index (Phi) is 5.40. The molecule has 0 saturated carbocycles. The number of amides is 1. The second-order valence-electron chi connectivity index (χ2n) is 6.62. The lowest BCUT2D eigenvalue weighted by Crippen LogP contribution is -2.11. The third kappa shape index (κ3) is 4.20. The molecule has 4 rings (SSSR count). The first-order valence-corrected chi connectivity index (χ1v) is 10.1. The van der Waals surface area contributed by atoms with E-state index in [2.05, 4.69) is 10.3 Å². The van der Waals surface area contributed by atoms with Gasteiger partial charge in [0, 0.05) is 16.5 Å². The lowest BCUT2D eigenvalue weighted by atomic mass is 10.0. The molecule has 1 heterocycles. The number of thiazole rings is 1. The van der Waals surface area contributed by atoms with E-state index in [4.69, 9.17) is 4.74 Å². The summed E-state index contributed by atoms with van der Waals surface area (Å²) in [5, 5.41) is 5.40. The maximum atomic E-state index is 12.6. The van der Waals surface area contributed by atoms with Gasteiger partial charge in [0.1, 0.15) is 5.75 Å². The third-order valence-corrected chi connectivity index (χ3v) is 5.43. The van der Waals surface area contributed by atoms with Crippen molar-refractivity contribution >= 4 is 22.4 Å². The molecule has 0 bridgehead atoms. The number of aryl methyl sites for hydroxylation is 1. The molecule has 0 unspecified atom stereocenters. The molecule has 1 aromatic heterocycles. The Morgan fingerprint density at radius 3 is 2.31 bits per heavy atom. The maximum absolute atomic E-state index is 12.6. The van der Waals surface area contributed by atoms with Gasteiger partial charge in [-0.1, -0.05) is 42.5 Å². The van der Waals surface area contributed by atoms with E-state index < -0.39 is 0 Å². The van der Waals surface area contributed by atoms with Crippen molar-refractivity contribution in [1.82, 2.24) is 4.98 Å². The number of anilines is 1. The van der Waals surface area contributed by atoms with Gasteiger partial charge in [0.25, 0.3) is 5.91 Å². The first-order chi connectivity index (χ1) is 14.1. The number of methoxy groups -OCH3 is 1. The summed E-state index contributed by atoms with van der Waals surface area (Å²) in [6.07, 6.45) is 0. The van der Waals surface area contributed by atoms with Gasteiger partial charge in [-0.05, 0) is 53.9 Å². The van der Waals surface area contributed by atoms with Crippen molar-refractivity contribution < 1.29 is 9.53 Å². The van der Waals surface area contributed by atoms with Crippen LogP contribution in [0.15, 0.2) is 78.2 Å². The number of carbonyl (C=O) groups is 1. The van der Waals surface area contributed by atoms with Gasteiger partial charge in [-0.15, -0.1) is 11.3 Å². The third-order valence-electron chi connectivity index (χ3n) is 4.67. The number of ether oxygens (including phenoxy) is 1. The molecule has 1 N–H and O–H groups in total. The van der Waals surface area contributed by atoms with E-state index in [-0.39, 0.29) is 5.91 Å². The summed E-state index contributed by atoms with van der Waals surface area (Å²) in [7, 11) is 1.66. The fourth-order valence-electron chi connectivity index (χ4n) is 3.12. The normalized spacial score (nSPS) is 10.6. The molecule has 0 radical (unpaired) electrons. The summed E-state index contributed by atoms with van der Waals surface area (Å²) in [4.78, 5) is 17.1. The van der Waals surface area contributed by atoms with Gasteiger partial charge in [-0.25, -0.2) is 4.98 Å². The summed E-state index contributed by atoms with van der Waals surface area (Å²) >= 11 is 1.41. The fourth-order valence-corrected chi connectivity index (χ4v) is 3.83. The molecule has 0 atom stereocenters. The highest BCUT2D eigenvalue weighted by Crippen LogP contribution is 2.29. The lowest BCUT2D eigenvalue weighted by molar-refractivity contribution is 0.102. The summed E-state index contributed by atoms with van der Waals surface area (Å²) in [6, 6.07) is 23.6. The molecule has 144 valence electrons. The summed E-state index contributed by atoms with van der Waals surface area (Å²) in [6.45, 7) is 2.00. The molecule has 29 heavy (non-hydrogen) atoms. The smallest absolute Gasteiger partial charge is 0.257 e. The maximum Gasteiger partial charge on any atom is 0.257 e. The number of rotatable bonds is 5. The van der Waals surface area contributed by atoms with Crippen LogP contribution in [0.4, 0.5) is 5.13 Å². The van der Waals surface area contributed by atoms with Crippen LogP contribution in [0.5, 0.6) is 5.75 Å². The number of benzene rings is 3. The highest BCUT2D eigenvalue weighted by molar-refractivity contribution is 7.14. The monoisotopic (exact) mass is 400 g/mol. The minimum Gasteiger partial charge on any atom is -0.496 e. The van der Waals surface area contributed by atoms with Gasteiger partial charge in [0.05, 0.1) is 12.8 Å². The Bertz CT molecular complexity index is 1140. The van der Waals surface area contributed by atoms with Gasteiger partial charge in [-0.3, -0.25) is 10.1 Å². The molecule has 0 aliphatic heterocycles. The Morgan fingerprint density at radius 1 is 0.931 bits per heavy atom. The van der Waals surface area contributed by atoms with Crippen molar-refractivity contribution in [2.45, 2.75) is 6.92 Å². The van der Waals surface area contributed by atoms with Crippen LogP contribution < -0.4 is 10.1 Å². The zero-order valence-electron chi connectivity index (χ0n) is 16.2. The van der Waals surface area contributed by atoms with Crippen molar-refractivity contribution in [1.29, 1.82) is 0 Å². The molecule has 0 aliphatic rings. The molecule has 4 aromatic rings. The highest BCUT2D eigenvalue weighted by Gasteiger charge is 2.11. The van der Waals surface area contributed by atoms with Crippen molar-refractivity contribution in [3.05, 3.63) is 89.3 Å². The fraction of sp³-hybridized carbons (Fsp3) is 0.0833. The Morgan fingerprint density at radius 2 is 1.62 bits per heavy atom. The molecule has 0 saturated heterocycles. The van der Waals surface area contributed by atoms with Crippen molar-refractivity contribution in [2.75, 3.05) is 12.4 Å². The Hall–Kier alpha value is -3.44. The molecule has 0 aliphatic carbocycles. The van der Waals surface area contributed by atoms with Gasteiger partial charge in [0.2, 0.25) is 0 Å². The van der Waals surface area contributed by atoms with E-state index in [1.54, 1.807) is 7.11 Å². The zero-order valence-corrected chi connectivity index (χ0v) is 17.0. The molecule has 3 aromatic carbocycles. The SMILES string of the molecule is COc1ccc(-c2csc(NC(=O)c3ccc(-c4ccccc4)cc3)n2)cc1C. The molecule has 5 heteroatoms. The first kappa shape index (κ1) is 18.9. The van der Waals surface area contributed by atoms with Crippen molar-refractivity contribution in [3.63, 3.8) is 0 Å². The van der Waals surface area contributed by atoms with E-state index in [9.17, 15) is 4.79 Å². The summed E-state index contributed by atoms with van der Waals surface area (Å²) < 4.78 is 5.30. The Balaban J connectivity index is 1.47. The largest absolute Gasteiger partial charge is 0.496 e. The zero-order chi connectivity index (χ0) is 20.2. The second-order valence-corrected chi connectivity index (χ2v) is 7.48. The standard InChI is InChI=1S/C24H20N2O2S/c1-16-14-20(12-13-22(16)28-2)21-15-29-24(25-21)26-23(27)19-10-8-18(9-11-19)17-6-4-3-5-7-17/h3-15H,1-2H3,(H,25,26,27). The van der Waals surface area contributed by atoms with E-state index >= 15 is 0 Å². The number of hydrogen-bond donors (Lipinski definition) is 1. The predicted octanol–water partition coefficient (Wildman–Crippen LogP) is 6.05. The second kappa shape index (κ2) is 8.29. The number of hydrogen-bond acceptors (Lipinski definition) is 4. The van der Waals surface area contributed by atoms with Crippen LogP contribution in [0.1, 0.15) is 15.9 Å². The van der Waals surface area contributed by atoms with Crippen LogP contribution in [0.3, 0.4) is 0 Å². The van der Waals surface area contributed by atoms with E-state index in [0.29, 0.717) is 10.7 Å². The number of carbonyl (C=O) groups excluding carboxylic acids is 1. The molecule has 0 spiro atoms. The first-order valence-electron chi connectivity index (χ1n) is 9.21. The molecule has 4 nitrogen and oxygen atoms in total. The summed E-state index contributed by atoms with van der Waals surface area (Å²) in [5.41, 5.74) is 5.67. The molecular weight excluding hydrogens is 380 g/mol. The van der Waals surface area contributed by atoms with Crippen LogP contribution in [0.2, 0.25) is 0 Å². The van der Waals surface area contributed by atoms with E-state index in [0.717, 1.165) is 33.7 Å². The minimum atomic E-state index is -0.170. The number of nitrogens with zero attached hydrogens (tertiary/aromatic N) is 1. The van der Waals surface area contributed by atoms with Crippen LogP contribution >= 0.6 is 11.3 Å². The van der Waals surface area contributed by atoms with Gasteiger partial charge in [0.15, 0.2) is 5.13 Å². The molecule has 1 amide bonds. The van der Waals surface area contributed by atoms with Crippen LogP contribution in [-0.2, 0) is 0 Å². The van der Waals surface area contributed by atoms with E-state index in [1.807, 2.05) is 85.1 Å². The predicted molar refractivity (Wildman–Crippen MR) is 119 cm³/mol. The number of aromatic nitrogens is 1. The average Bonchev–Trinajstić information content (AvgIpc) is 3.23. The van der Waals surface area contributed by atoms with Crippen LogP contribution in [-0.4, -0.2) is 18.0 Å². The number of nitrogens with one attached hydrogen (secondary N) is 1.